The molecule has 1 aliphatic heterocycles. The van der Waals surface area contributed by atoms with Crippen molar-refractivity contribution in [3.05, 3.63) is 0 Å². The first-order valence-corrected chi connectivity index (χ1v) is 7.59. The van der Waals surface area contributed by atoms with Gasteiger partial charge in [0.05, 0.1) is 19.1 Å². The van der Waals surface area contributed by atoms with E-state index in [9.17, 15) is 22.8 Å². The van der Waals surface area contributed by atoms with E-state index in [2.05, 4.69) is 0 Å². The molecule has 0 aromatic carbocycles. The Bertz CT molecular complexity index is 431. The number of alkyl halides is 3. The number of hydrogen-bond donors (Lipinski definition) is 0. The van der Waals surface area contributed by atoms with Gasteiger partial charge in [-0.25, -0.2) is 0 Å². The molecular formula is C15H24F3NO4. The quantitative estimate of drug-likeness (QED) is 0.720. The molecule has 0 bridgehead atoms. The largest absolute Gasteiger partial charge is 0.466 e. The molecule has 1 saturated heterocycles. The Labute approximate surface area is 134 Å². The van der Waals surface area contributed by atoms with Crippen molar-refractivity contribution >= 4 is 11.9 Å². The van der Waals surface area contributed by atoms with Crippen molar-refractivity contribution in [3.8, 4) is 0 Å². The SMILES string of the molecule is CCOC(=O)[C@H]1CN(CC(=O)OC(C)(C)C)C[C@@H]1CC(F)(F)F. The van der Waals surface area contributed by atoms with E-state index < -0.39 is 42.0 Å². The molecule has 0 radical (unpaired) electrons. The average Bonchev–Trinajstić information content (AvgIpc) is 2.66. The molecule has 0 aliphatic carbocycles. The highest BCUT2D eigenvalue weighted by molar-refractivity contribution is 5.75. The van der Waals surface area contributed by atoms with Gasteiger partial charge in [0.1, 0.15) is 5.60 Å². The van der Waals surface area contributed by atoms with Gasteiger partial charge in [-0.2, -0.15) is 13.2 Å². The van der Waals surface area contributed by atoms with E-state index in [0.717, 1.165) is 0 Å². The van der Waals surface area contributed by atoms with Crippen LogP contribution in [0.2, 0.25) is 0 Å². The first-order chi connectivity index (χ1) is 10.4. The highest BCUT2D eigenvalue weighted by atomic mass is 19.4. The van der Waals surface area contributed by atoms with E-state index in [0.29, 0.717) is 0 Å². The Balaban J connectivity index is 2.71. The summed E-state index contributed by atoms with van der Waals surface area (Å²) in [5.74, 6) is -2.95. The predicted octanol–water partition coefficient (Wildman–Crippen LogP) is 2.39. The number of carbonyl (C=O) groups is 2. The van der Waals surface area contributed by atoms with E-state index in [1.165, 1.54) is 4.90 Å². The lowest BCUT2D eigenvalue weighted by molar-refractivity contribution is -0.158. The zero-order valence-corrected chi connectivity index (χ0v) is 13.9. The molecule has 5 nitrogen and oxygen atoms in total. The van der Waals surface area contributed by atoms with Crippen LogP contribution in [0.4, 0.5) is 13.2 Å². The van der Waals surface area contributed by atoms with Crippen molar-refractivity contribution in [2.75, 3.05) is 26.2 Å². The molecule has 0 amide bonds. The van der Waals surface area contributed by atoms with Gasteiger partial charge in [0.2, 0.25) is 0 Å². The summed E-state index contributed by atoms with van der Waals surface area (Å²) >= 11 is 0. The number of ether oxygens (including phenoxy) is 2. The third kappa shape index (κ3) is 7.20. The van der Waals surface area contributed by atoms with Crippen molar-refractivity contribution in [1.82, 2.24) is 4.90 Å². The normalized spacial score (nSPS) is 22.9. The van der Waals surface area contributed by atoms with Crippen molar-refractivity contribution in [3.63, 3.8) is 0 Å². The van der Waals surface area contributed by atoms with Crippen LogP contribution in [0.1, 0.15) is 34.1 Å². The standard InChI is InChI=1S/C15H24F3NO4/c1-5-22-13(21)11-8-19(7-10(11)6-15(16,17)18)9-12(20)23-14(2,3)4/h10-11H,5-9H2,1-4H3/t10-,11-/m0/s1. The Kier molecular flexibility index (Phi) is 6.44. The molecule has 0 N–H and O–H groups in total. The highest BCUT2D eigenvalue weighted by Gasteiger charge is 2.44. The van der Waals surface area contributed by atoms with Crippen molar-refractivity contribution in [1.29, 1.82) is 0 Å². The minimum atomic E-state index is -4.36. The lowest BCUT2D eigenvalue weighted by Crippen LogP contribution is -2.34. The van der Waals surface area contributed by atoms with E-state index >= 15 is 0 Å². The summed E-state index contributed by atoms with van der Waals surface area (Å²) in [5.41, 5.74) is -0.664. The molecule has 8 heteroatoms. The number of nitrogens with zero attached hydrogens (tertiary/aromatic N) is 1. The van der Waals surface area contributed by atoms with E-state index in [4.69, 9.17) is 9.47 Å². The lowest BCUT2D eigenvalue weighted by Gasteiger charge is -2.22. The predicted molar refractivity (Wildman–Crippen MR) is 76.6 cm³/mol. The number of likely N-dealkylation sites (tertiary alicyclic amines) is 1. The number of halogens is 3. The van der Waals surface area contributed by atoms with Crippen LogP contribution in [0.15, 0.2) is 0 Å². The van der Waals surface area contributed by atoms with Crippen LogP contribution >= 0.6 is 0 Å². The molecule has 1 heterocycles. The summed E-state index contributed by atoms with van der Waals surface area (Å²) in [6, 6.07) is 0. The third-order valence-corrected chi connectivity index (χ3v) is 3.37. The molecule has 1 rings (SSSR count). The van der Waals surface area contributed by atoms with Crippen LogP contribution in [0.3, 0.4) is 0 Å². The monoisotopic (exact) mass is 339 g/mol. The van der Waals surface area contributed by atoms with Gasteiger partial charge in [-0.1, -0.05) is 0 Å². The number of esters is 2. The zero-order valence-electron chi connectivity index (χ0n) is 13.9. The lowest BCUT2D eigenvalue weighted by atomic mass is 9.93. The van der Waals surface area contributed by atoms with Crippen molar-refractivity contribution < 1.29 is 32.2 Å². The second-order valence-electron chi connectivity index (χ2n) is 6.72. The molecule has 0 unspecified atom stereocenters. The Hall–Kier alpha value is -1.31. The van der Waals surface area contributed by atoms with Gasteiger partial charge < -0.3 is 9.47 Å². The number of hydrogen-bond acceptors (Lipinski definition) is 5. The summed E-state index contributed by atoms with van der Waals surface area (Å²) in [6.45, 7) is 6.79. The second-order valence-corrected chi connectivity index (χ2v) is 6.72. The third-order valence-electron chi connectivity index (χ3n) is 3.37. The highest BCUT2D eigenvalue weighted by Crippen LogP contribution is 2.34. The summed E-state index contributed by atoms with van der Waals surface area (Å²) < 4.78 is 48.1. The van der Waals surface area contributed by atoms with Gasteiger partial charge in [-0.05, 0) is 33.6 Å². The summed E-state index contributed by atoms with van der Waals surface area (Å²) in [5, 5.41) is 0. The van der Waals surface area contributed by atoms with E-state index in [1.54, 1.807) is 27.7 Å². The minimum Gasteiger partial charge on any atom is -0.466 e. The Morgan fingerprint density at radius 1 is 1.17 bits per heavy atom. The topological polar surface area (TPSA) is 55.8 Å². The maximum Gasteiger partial charge on any atom is 0.389 e. The smallest absolute Gasteiger partial charge is 0.389 e. The van der Waals surface area contributed by atoms with Crippen LogP contribution in [-0.4, -0.2) is 54.9 Å². The van der Waals surface area contributed by atoms with Gasteiger partial charge >= 0.3 is 18.1 Å². The second kappa shape index (κ2) is 7.51. The van der Waals surface area contributed by atoms with Crippen LogP contribution in [-0.2, 0) is 19.1 Å². The number of carbonyl (C=O) groups excluding carboxylic acids is 2. The molecule has 0 saturated carbocycles. The van der Waals surface area contributed by atoms with Gasteiger partial charge in [-0.15, -0.1) is 0 Å². The minimum absolute atomic E-state index is 0.0161. The maximum absolute atomic E-state index is 12.7. The molecule has 0 spiro atoms. The zero-order chi connectivity index (χ0) is 17.8. The fraction of sp³-hybridized carbons (Fsp3) is 0.867. The molecule has 0 aromatic rings. The van der Waals surface area contributed by atoms with Gasteiger partial charge in [0.15, 0.2) is 0 Å². The molecular weight excluding hydrogens is 315 g/mol. The van der Waals surface area contributed by atoms with Crippen molar-refractivity contribution in [2.24, 2.45) is 11.8 Å². The Morgan fingerprint density at radius 2 is 1.78 bits per heavy atom. The summed E-state index contributed by atoms with van der Waals surface area (Å²) in [4.78, 5) is 25.2. The van der Waals surface area contributed by atoms with Gasteiger partial charge in [0, 0.05) is 19.5 Å². The summed E-state index contributed by atoms with van der Waals surface area (Å²) in [6.07, 6.45) is -5.43. The molecule has 0 aromatic heterocycles. The summed E-state index contributed by atoms with van der Waals surface area (Å²) in [7, 11) is 0. The molecule has 1 fully saturated rings. The molecule has 134 valence electrons. The maximum atomic E-state index is 12.7. The van der Waals surface area contributed by atoms with Crippen LogP contribution < -0.4 is 0 Å². The van der Waals surface area contributed by atoms with Crippen LogP contribution in [0.5, 0.6) is 0 Å². The Morgan fingerprint density at radius 3 is 2.26 bits per heavy atom. The molecule has 2 atom stereocenters. The van der Waals surface area contributed by atoms with Crippen molar-refractivity contribution in [2.45, 2.75) is 45.9 Å². The molecule has 23 heavy (non-hydrogen) atoms. The first-order valence-electron chi connectivity index (χ1n) is 7.59. The van der Waals surface area contributed by atoms with Gasteiger partial charge in [0.25, 0.3) is 0 Å². The van der Waals surface area contributed by atoms with E-state index in [1.807, 2.05) is 0 Å². The van der Waals surface area contributed by atoms with Crippen LogP contribution in [0.25, 0.3) is 0 Å². The number of rotatable bonds is 5. The van der Waals surface area contributed by atoms with Gasteiger partial charge in [-0.3, -0.25) is 14.5 Å². The van der Waals surface area contributed by atoms with E-state index in [-0.39, 0.29) is 26.2 Å². The molecule has 1 aliphatic rings. The average molecular weight is 339 g/mol. The fourth-order valence-corrected chi connectivity index (χ4v) is 2.67. The van der Waals surface area contributed by atoms with Crippen LogP contribution in [0, 0.1) is 11.8 Å². The first kappa shape index (κ1) is 19.7. The fourth-order valence-electron chi connectivity index (χ4n) is 2.67.